The summed E-state index contributed by atoms with van der Waals surface area (Å²) in [6.07, 6.45) is 0.953. The molecule has 0 aliphatic carbocycles. The number of ketones is 1. The molecular weight excluding hydrogens is 236 g/mol. The minimum Gasteiger partial charge on any atom is -0.618 e. The molecule has 0 saturated carbocycles. The quantitative estimate of drug-likeness (QED) is 0.269. The highest BCUT2D eigenvalue weighted by atomic mass is 16.6. The molecule has 0 fully saturated rings. The zero-order valence-electron chi connectivity index (χ0n) is 9.15. The highest BCUT2D eigenvalue weighted by molar-refractivity contribution is 6.06. The molecule has 0 N–H and O–H groups in total. The van der Waals surface area contributed by atoms with Crippen molar-refractivity contribution in [2.24, 2.45) is 0 Å². The van der Waals surface area contributed by atoms with Crippen LogP contribution in [-0.2, 0) is 0 Å². The highest BCUT2D eigenvalue weighted by Crippen LogP contribution is 2.13. The smallest absolute Gasteiger partial charge is 0.282 e. The third kappa shape index (κ3) is 2.17. The number of rotatable bonds is 3. The van der Waals surface area contributed by atoms with Crippen molar-refractivity contribution < 1.29 is 14.4 Å². The summed E-state index contributed by atoms with van der Waals surface area (Å²) < 4.78 is 0.322. The average Bonchev–Trinajstić information content (AvgIpc) is 2.39. The van der Waals surface area contributed by atoms with Crippen LogP contribution in [0.15, 0.2) is 48.7 Å². The van der Waals surface area contributed by atoms with Crippen LogP contribution in [0.4, 0.5) is 5.69 Å². The maximum atomic E-state index is 12.0. The molecule has 1 aromatic heterocycles. The van der Waals surface area contributed by atoms with Gasteiger partial charge in [0.05, 0.1) is 17.1 Å². The molecule has 0 aliphatic heterocycles. The Morgan fingerprint density at radius 1 is 1.17 bits per heavy atom. The number of hydrogen-bond acceptors (Lipinski definition) is 4. The summed E-state index contributed by atoms with van der Waals surface area (Å²) in [5.41, 5.74) is -0.251. The van der Waals surface area contributed by atoms with Crippen LogP contribution >= 0.6 is 0 Å². The van der Waals surface area contributed by atoms with Crippen LogP contribution in [0.1, 0.15) is 16.1 Å². The van der Waals surface area contributed by atoms with Crippen molar-refractivity contribution in [1.82, 2.24) is 0 Å². The Bertz CT molecular complexity index is 611. The van der Waals surface area contributed by atoms with Gasteiger partial charge in [0.1, 0.15) is 0 Å². The third-order valence-electron chi connectivity index (χ3n) is 2.38. The monoisotopic (exact) mass is 244 g/mol. The van der Waals surface area contributed by atoms with E-state index in [-0.39, 0.29) is 11.4 Å². The maximum Gasteiger partial charge on any atom is 0.282 e. The minimum atomic E-state index is -0.651. The van der Waals surface area contributed by atoms with Gasteiger partial charge in [-0.3, -0.25) is 14.9 Å². The molecule has 0 bridgehead atoms. The van der Waals surface area contributed by atoms with Crippen LogP contribution in [0, 0.1) is 15.3 Å². The van der Waals surface area contributed by atoms with Crippen molar-refractivity contribution in [2.45, 2.75) is 0 Å². The molecule has 0 aliphatic rings. The van der Waals surface area contributed by atoms with E-state index in [0.29, 0.717) is 10.3 Å². The van der Waals surface area contributed by atoms with E-state index in [9.17, 15) is 20.1 Å². The summed E-state index contributed by atoms with van der Waals surface area (Å²) in [4.78, 5) is 22.0. The lowest BCUT2D eigenvalue weighted by atomic mass is 10.1. The summed E-state index contributed by atoms with van der Waals surface area (Å²) >= 11 is 0. The normalized spacial score (nSPS) is 10.0. The zero-order chi connectivity index (χ0) is 13.1. The molecule has 0 spiro atoms. The van der Waals surface area contributed by atoms with Crippen LogP contribution < -0.4 is 4.73 Å². The Hall–Kier alpha value is -2.76. The largest absolute Gasteiger partial charge is 0.618 e. The van der Waals surface area contributed by atoms with Crippen molar-refractivity contribution in [2.75, 3.05) is 0 Å². The molecule has 0 amide bonds. The van der Waals surface area contributed by atoms with Gasteiger partial charge in [0.25, 0.3) is 17.2 Å². The van der Waals surface area contributed by atoms with Crippen molar-refractivity contribution in [3.8, 4) is 0 Å². The van der Waals surface area contributed by atoms with Crippen LogP contribution in [0.5, 0.6) is 0 Å². The Labute approximate surface area is 102 Å². The van der Waals surface area contributed by atoms with Crippen molar-refractivity contribution in [3.63, 3.8) is 0 Å². The summed E-state index contributed by atoms with van der Waals surface area (Å²) in [6, 6.07) is 10.1. The summed E-state index contributed by atoms with van der Waals surface area (Å²) in [6.45, 7) is 0. The van der Waals surface area contributed by atoms with Crippen LogP contribution in [0.2, 0.25) is 0 Å². The van der Waals surface area contributed by atoms with Gasteiger partial charge in [-0.1, -0.05) is 30.3 Å². The first kappa shape index (κ1) is 11.7. The molecule has 1 aromatic carbocycles. The van der Waals surface area contributed by atoms with E-state index in [1.807, 2.05) is 0 Å². The van der Waals surface area contributed by atoms with E-state index < -0.39 is 10.7 Å². The number of aromatic nitrogens is 1. The fourth-order valence-electron chi connectivity index (χ4n) is 1.49. The first-order valence-electron chi connectivity index (χ1n) is 5.07. The zero-order valence-corrected chi connectivity index (χ0v) is 9.15. The molecule has 90 valence electrons. The summed E-state index contributed by atoms with van der Waals surface area (Å²) in [5.74, 6) is -0.547. The predicted octanol–water partition coefficient (Wildman–Crippen LogP) is 1.46. The van der Waals surface area contributed by atoms with Gasteiger partial charge in [0, 0.05) is 5.56 Å². The van der Waals surface area contributed by atoms with Gasteiger partial charge >= 0.3 is 0 Å². The van der Waals surface area contributed by atoms with Gasteiger partial charge in [0.15, 0.2) is 6.20 Å². The molecule has 0 atom stereocenters. The van der Waals surface area contributed by atoms with E-state index in [0.717, 1.165) is 18.3 Å². The number of carbonyl (C=O) groups excluding carboxylic acids is 1. The Kier molecular flexibility index (Phi) is 3.01. The van der Waals surface area contributed by atoms with Crippen LogP contribution in [0.25, 0.3) is 0 Å². The number of hydrogen-bond donors (Lipinski definition) is 0. The second kappa shape index (κ2) is 4.62. The molecule has 1 heterocycles. The molecule has 6 nitrogen and oxygen atoms in total. The summed E-state index contributed by atoms with van der Waals surface area (Å²) in [7, 11) is 0. The number of nitrogens with zero attached hydrogens (tertiary/aromatic N) is 2. The minimum absolute atomic E-state index is 0.268. The Morgan fingerprint density at radius 3 is 2.44 bits per heavy atom. The number of nitro groups is 1. The first-order valence-corrected chi connectivity index (χ1v) is 5.07. The lowest BCUT2D eigenvalue weighted by molar-refractivity contribution is -0.608. The van der Waals surface area contributed by atoms with Crippen molar-refractivity contribution >= 4 is 11.5 Å². The molecular formula is C12H8N2O4. The Balaban J connectivity index is 2.48. The lowest BCUT2D eigenvalue weighted by Gasteiger charge is -2.03. The second-order valence-electron chi connectivity index (χ2n) is 3.55. The topological polar surface area (TPSA) is 87.1 Å². The van der Waals surface area contributed by atoms with E-state index >= 15 is 0 Å². The van der Waals surface area contributed by atoms with E-state index in [1.165, 1.54) is 0 Å². The molecule has 0 unspecified atom stereocenters. The van der Waals surface area contributed by atoms with Crippen molar-refractivity contribution in [3.05, 3.63) is 75.2 Å². The molecule has 0 radical (unpaired) electrons. The average molecular weight is 244 g/mol. The second-order valence-corrected chi connectivity index (χ2v) is 3.55. The number of pyridine rings is 1. The van der Waals surface area contributed by atoms with E-state index in [1.54, 1.807) is 30.3 Å². The first-order chi connectivity index (χ1) is 8.59. The number of carbonyl (C=O) groups is 1. The standard InChI is InChI=1S/C12H8N2O4/c15-12(9-4-2-1-3-5-9)11-8-10(14(17)18)6-7-13(11)16/h1-8H. The highest BCUT2D eigenvalue weighted by Gasteiger charge is 2.22. The predicted molar refractivity (Wildman–Crippen MR) is 61.9 cm³/mol. The third-order valence-corrected chi connectivity index (χ3v) is 2.38. The SMILES string of the molecule is O=C(c1ccccc1)c1cc([N+](=O)[O-])cc[n+]1[O-]. The van der Waals surface area contributed by atoms with Crippen molar-refractivity contribution in [1.29, 1.82) is 0 Å². The van der Waals surface area contributed by atoms with Gasteiger partial charge < -0.3 is 5.21 Å². The van der Waals surface area contributed by atoms with Gasteiger partial charge in [-0.15, -0.1) is 0 Å². The summed E-state index contributed by atoms with van der Waals surface area (Å²) in [5, 5.41) is 22.1. The fourth-order valence-corrected chi connectivity index (χ4v) is 1.49. The lowest BCUT2D eigenvalue weighted by Crippen LogP contribution is -2.34. The Morgan fingerprint density at radius 2 is 1.83 bits per heavy atom. The van der Waals surface area contributed by atoms with Gasteiger partial charge in [-0.25, -0.2) is 0 Å². The van der Waals surface area contributed by atoms with E-state index in [2.05, 4.69) is 0 Å². The van der Waals surface area contributed by atoms with Crippen LogP contribution in [0.3, 0.4) is 0 Å². The van der Waals surface area contributed by atoms with Gasteiger partial charge in [-0.2, -0.15) is 4.73 Å². The maximum absolute atomic E-state index is 12.0. The van der Waals surface area contributed by atoms with E-state index in [4.69, 9.17) is 0 Å². The van der Waals surface area contributed by atoms with Crippen LogP contribution in [-0.4, -0.2) is 10.7 Å². The molecule has 0 saturated heterocycles. The fraction of sp³-hybridized carbons (Fsp3) is 0. The number of benzene rings is 1. The van der Waals surface area contributed by atoms with Gasteiger partial charge in [-0.05, 0) is 0 Å². The molecule has 2 rings (SSSR count). The van der Waals surface area contributed by atoms with Gasteiger partial charge in [0.2, 0.25) is 0 Å². The molecule has 18 heavy (non-hydrogen) atoms. The molecule has 2 aromatic rings. The molecule has 6 heteroatoms.